The van der Waals surface area contributed by atoms with Gasteiger partial charge in [0.1, 0.15) is 4.75 Å². The Bertz CT molecular complexity index is 1210. The molecule has 0 fully saturated rings. The van der Waals surface area contributed by atoms with E-state index in [-0.39, 0.29) is 10.8 Å². The summed E-state index contributed by atoms with van der Waals surface area (Å²) in [5.74, 6) is -0.308. The monoisotopic (exact) mass is 451 g/mol. The highest BCUT2D eigenvalue weighted by atomic mass is 35.5. The Morgan fingerprint density at radius 2 is 1.86 bits per heavy atom. The summed E-state index contributed by atoms with van der Waals surface area (Å²) in [7, 11) is -2.48. The van der Waals surface area contributed by atoms with Crippen molar-refractivity contribution in [3.63, 3.8) is 0 Å². The Labute approximate surface area is 179 Å². The second-order valence-electron chi connectivity index (χ2n) is 6.90. The number of rotatable bonds is 5. The first-order chi connectivity index (χ1) is 13.5. The molecule has 9 heteroatoms. The first-order valence-corrected chi connectivity index (χ1v) is 10.9. The molecule has 3 aromatic rings. The molecule has 0 spiro atoms. The summed E-state index contributed by atoms with van der Waals surface area (Å²) in [6, 6.07) is 9.53. The summed E-state index contributed by atoms with van der Waals surface area (Å²) in [6.45, 7) is 3.24. The molecule has 2 N–H and O–H groups in total. The highest BCUT2D eigenvalue weighted by Gasteiger charge is 2.44. The van der Waals surface area contributed by atoms with E-state index < -0.39 is 14.8 Å². The van der Waals surface area contributed by atoms with Crippen molar-refractivity contribution in [3.05, 3.63) is 86.9 Å². The SMILES string of the molecule is Cc1cc(C(C)(c2cccnc2)S(N)(=O)=O)n(C)c1C(=O)c1ccc(Cl)c(Cl)c1. The van der Waals surface area contributed by atoms with E-state index in [4.69, 9.17) is 28.3 Å². The van der Waals surface area contributed by atoms with Crippen LogP contribution in [-0.4, -0.2) is 23.8 Å². The summed E-state index contributed by atoms with van der Waals surface area (Å²) >= 11 is 12.0. The number of benzene rings is 1. The van der Waals surface area contributed by atoms with Crippen molar-refractivity contribution in [1.29, 1.82) is 0 Å². The van der Waals surface area contributed by atoms with Gasteiger partial charge in [-0.25, -0.2) is 13.6 Å². The zero-order valence-electron chi connectivity index (χ0n) is 16.0. The largest absolute Gasteiger partial charge is 0.343 e. The van der Waals surface area contributed by atoms with Crippen molar-refractivity contribution >= 4 is 39.0 Å². The molecular weight excluding hydrogens is 433 g/mol. The Hall–Kier alpha value is -2.19. The molecule has 6 nitrogen and oxygen atoms in total. The molecule has 1 aromatic carbocycles. The highest BCUT2D eigenvalue weighted by molar-refractivity contribution is 7.90. The van der Waals surface area contributed by atoms with Gasteiger partial charge in [0.15, 0.2) is 0 Å². The lowest BCUT2D eigenvalue weighted by Gasteiger charge is -2.28. The predicted molar refractivity (Wildman–Crippen MR) is 114 cm³/mol. The summed E-state index contributed by atoms with van der Waals surface area (Å²) in [4.78, 5) is 17.2. The zero-order chi connectivity index (χ0) is 21.6. The van der Waals surface area contributed by atoms with E-state index in [9.17, 15) is 13.2 Å². The average molecular weight is 452 g/mol. The van der Waals surface area contributed by atoms with E-state index in [2.05, 4.69) is 4.98 Å². The normalized spacial score (nSPS) is 13.9. The van der Waals surface area contributed by atoms with E-state index in [1.165, 1.54) is 19.2 Å². The Morgan fingerprint density at radius 1 is 1.17 bits per heavy atom. The van der Waals surface area contributed by atoms with Gasteiger partial charge in [0.2, 0.25) is 15.8 Å². The quantitative estimate of drug-likeness (QED) is 0.596. The van der Waals surface area contributed by atoms with Gasteiger partial charge in [-0.1, -0.05) is 29.3 Å². The molecule has 2 aromatic heterocycles. The molecule has 0 aliphatic rings. The summed E-state index contributed by atoms with van der Waals surface area (Å²) < 4.78 is 25.3. The van der Waals surface area contributed by atoms with Gasteiger partial charge in [-0.05, 0) is 55.3 Å². The van der Waals surface area contributed by atoms with Crippen molar-refractivity contribution in [2.24, 2.45) is 12.2 Å². The van der Waals surface area contributed by atoms with Crippen molar-refractivity contribution in [1.82, 2.24) is 9.55 Å². The van der Waals surface area contributed by atoms with Gasteiger partial charge in [0.05, 0.1) is 15.7 Å². The third-order valence-electron chi connectivity index (χ3n) is 5.09. The van der Waals surface area contributed by atoms with E-state index in [1.807, 2.05) is 0 Å². The number of hydrogen-bond acceptors (Lipinski definition) is 4. The van der Waals surface area contributed by atoms with Gasteiger partial charge in [0.25, 0.3) is 0 Å². The van der Waals surface area contributed by atoms with Crippen LogP contribution >= 0.6 is 23.2 Å². The first kappa shape index (κ1) is 21.5. The lowest BCUT2D eigenvalue weighted by molar-refractivity contribution is 0.103. The minimum absolute atomic E-state index is 0.259. The number of carbonyl (C=O) groups is 1. The summed E-state index contributed by atoms with van der Waals surface area (Å²) in [6.07, 6.45) is 3.00. The van der Waals surface area contributed by atoms with Crippen LogP contribution in [0.2, 0.25) is 10.0 Å². The van der Waals surface area contributed by atoms with E-state index in [0.717, 1.165) is 0 Å². The van der Waals surface area contributed by atoms with Crippen LogP contribution in [-0.2, 0) is 21.8 Å². The molecule has 152 valence electrons. The molecule has 0 saturated heterocycles. The molecule has 29 heavy (non-hydrogen) atoms. The molecule has 1 unspecified atom stereocenters. The number of aryl methyl sites for hydroxylation is 1. The fraction of sp³-hybridized carbons (Fsp3) is 0.200. The second-order valence-corrected chi connectivity index (χ2v) is 9.62. The molecule has 2 heterocycles. The third-order valence-corrected chi connectivity index (χ3v) is 7.41. The van der Waals surface area contributed by atoms with Crippen molar-refractivity contribution in [2.45, 2.75) is 18.6 Å². The van der Waals surface area contributed by atoms with Gasteiger partial charge in [0, 0.05) is 30.7 Å². The van der Waals surface area contributed by atoms with Crippen molar-refractivity contribution < 1.29 is 13.2 Å². The maximum atomic E-state index is 13.2. The maximum Gasteiger partial charge on any atom is 0.224 e. The number of pyridine rings is 1. The Morgan fingerprint density at radius 3 is 2.41 bits per heavy atom. The molecule has 0 saturated carbocycles. The summed E-state index contributed by atoms with van der Waals surface area (Å²) in [5.41, 5.74) is 2.04. The minimum Gasteiger partial charge on any atom is -0.343 e. The van der Waals surface area contributed by atoms with Crippen LogP contribution in [0.5, 0.6) is 0 Å². The molecule has 1 atom stereocenters. The van der Waals surface area contributed by atoms with Crippen LogP contribution < -0.4 is 5.14 Å². The zero-order valence-corrected chi connectivity index (χ0v) is 18.3. The average Bonchev–Trinajstić information content (AvgIpc) is 2.97. The van der Waals surface area contributed by atoms with E-state index in [1.54, 1.807) is 55.1 Å². The number of aromatic nitrogens is 2. The highest BCUT2D eigenvalue weighted by Crippen LogP contribution is 2.38. The van der Waals surface area contributed by atoms with Crippen LogP contribution in [0.25, 0.3) is 0 Å². The molecule has 0 amide bonds. The van der Waals surface area contributed by atoms with Gasteiger partial charge in [-0.2, -0.15) is 0 Å². The number of nitrogens with two attached hydrogens (primary N) is 1. The minimum atomic E-state index is -4.11. The van der Waals surface area contributed by atoms with Crippen LogP contribution in [0.1, 0.15) is 39.8 Å². The number of nitrogens with zero attached hydrogens (tertiary/aromatic N) is 2. The van der Waals surface area contributed by atoms with E-state index >= 15 is 0 Å². The van der Waals surface area contributed by atoms with Gasteiger partial charge in [-0.3, -0.25) is 9.78 Å². The number of halogens is 2. The number of sulfonamides is 1. The van der Waals surface area contributed by atoms with Crippen LogP contribution in [0.3, 0.4) is 0 Å². The molecule has 3 rings (SSSR count). The topological polar surface area (TPSA) is 95.0 Å². The van der Waals surface area contributed by atoms with Crippen LogP contribution in [0.15, 0.2) is 48.8 Å². The maximum absolute atomic E-state index is 13.2. The van der Waals surface area contributed by atoms with Gasteiger partial charge < -0.3 is 4.57 Å². The fourth-order valence-electron chi connectivity index (χ4n) is 3.42. The van der Waals surface area contributed by atoms with Gasteiger partial charge >= 0.3 is 0 Å². The Kier molecular flexibility index (Phi) is 5.62. The van der Waals surface area contributed by atoms with Gasteiger partial charge in [-0.15, -0.1) is 0 Å². The van der Waals surface area contributed by atoms with Crippen molar-refractivity contribution in [3.8, 4) is 0 Å². The molecule has 0 aliphatic carbocycles. The first-order valence-electron chi connectivity index (χ1n) is 8.58. The Balaban J connectivity index is 2.23. The molecule has 0 bridgehead atoms. The van der Waals surface area contributed by atoms with Crippen molar-refractivity contribution in [2.75, 3.05) is 0 Å². The summed E-state index contributed by atoms with van der Waals surface area (Å²) in [5, 5.41) is 6.24. The molecule has 0 radical (unpaired) electrons. The number of carbonyl (C=O) groups excluding carboxylic acids is 1. The third kappa shape index (κ3) is 3.59. The van der Waals surface area contributed by atoms with Crippen LogP contribution in [0, 0.1) is 6.92 Å². The lowest BCUT2D eigenvalue weighted by Crippen LogP contribution is -2.41. The molecule has 0 aliphatic heterocycles. The number of hydrogen-bond donors (Lipinski definition) is 1. The standard InChI is InChI=1S/C20H19Cl2N3O3S/c1-12-9-17(20(2,29(23,27)28)14-5-4-8-24-11-14)25(3)18(12)19(26)13-6-7-15(21)16(22)10-13/h4-11H,1-3H3,(H2,23,27,28). The smallest absolute Gasteiger partial charge is 0.224 e. The molecular formula is C20H19Cl2N3O3S. The fourth-order valence-corrected chi connectivity index (χ4v) is 4.66. The number of ketones is 1. The lowest BCUT2D eigenvalue weighted by atomic mass is 9.98. The van der Waals surface area contributed by atoms with E-state index in [0.29, 0.717) is 33.1 Å². The van der Waals surface area contributed by atoms with Crippen LogP contribution in [0.4, 0.5) is 0 Å². The predicted octanol–water partition coefficient (Wildman–Crippen LogP) is 3.82. The number of primary sulfonamides is 1. The second kappa shape index (κ2) is 7.57.